The van der Waals surface area contributed by atoms with Crippen molar-refractivity contribution >= 4 is 5.91 Å². The first kappa shape index (κ1) is 18.2. The molecule has 1 aromatic carbocycles. The smallest absolute Gasteiger partial charge is 0.291 e. The molecule has 0 bridgehead atoms. The molecule has 1 fully saturated rings. The van der Waals surface area contributed by atoms with Gasteiger partial charge in [-0.3, -0.25) is 4.79 Å². The number of benzene rings is 1. The Labute approximate surface area is 168 Å². The number of nitrogens with zero attached hydrogens (tertiary/aromatic N) is 4. The molecule has 5 rings (SSSR count). The summed E-state index contributed by atoms with van der Waals surface area (Å²) in [5, 5.41) is 18.9. The van der Waals surface area contributed by atoms with Crippen molar-refractivity contribution in [2.24, 2.45) is 0 Å². The lowest BCUT2D eigenvalue weighted by molar-refractivity contribution is -0.0219. The van der Waals surface area contributed by atoms with Gasteiger partial charge in [-0.05, 0) is 25.0 Å². The molecule has 154 valence electrons. The fourth-order valence-electron chi connectivity index (χ4n) is 4.14. The second-order valence-electron chi connectivity index (χ2n) is 7.59. The molecule has 1 N–H and O–H groups in total. The number of para-hydroxylation sites is 1. The second kappa shape index (κ2) is 7.55. The first-order valence-electron chi connectivity index (χ1n) is 10.2. The molecule has 2 atom stereocenters. The zero-order chi connectivity index (χ0) is 19.8. The van der Waals surface area contributed by atoms with Gasteiger partial charge in [-0.25, -0.2) is 0 Å². The molecular weight excluding hydrogens is 376 g/mol. The number of amides is 1. The summed E-state index contributed by atoms with van der Waals surface area (Å²) in [5.74, 6) is 2.82. The quantitative estimate of drug-likeness (QED) is 0.822. The minimum Gasteiger partial charge on any atom is -0.486 e. The number of carbonyl (C=O) groups excluding carboxylic acids is 1. The first-order valence-corrected chi connectivity index (χ1v) is 10.2. The Morgan fingerprint density at radius 1 is 1.17 bits per heavy atom. The van der Waals surface area contributed by atoms with Gasteiger partial charge in [0.15, 0.2) is 11.5 Å². The van der Waals surface area contributed by atoms with Crippen LogP contribution >= 0.6 is 0 Å². The van der Waals surface area contributed by atoms with E-state index in [1.165, 1.54) is 0 Å². The normalized spacial score (nSPS) is 23.4. The average Bonchev–Trinajstić information content (AvgIpc) is 3.19. The summed E-state index contributed by atoms with van der Waals surface area (Å²) in [6, 6.07) is 5.47. The fraction of sp³-hybridized carbons (Fsp3) is 0.550. The molecular formula is C20H24N4O5. The van der Waals surface area contributed by atoms with Crippen LogP contribution in [0.2, 0.25) is 0 Å². The predicted octanol–water partition coefficient (Wildman–Crippen LogP) is 1.04. The van der Waals surface area contributed by atoms with Gasteiger partial charge in [0, 0.05) is 25.9 Å². The van der Waals surface area contributed by atoms with E-state index in [1.54, 1.807) is 11.0 Å². The van der Waals surface area contributed by atoms with Crippen LogP contribution in [-0.2, 0) is 13.0 Å². The standard InChI is InChI=1S/C20H24N4O5/c25-13-12-23(20(26)19-22-21-17-6-1-2-8-24(17)19)9-7-14(13)29-16-5-3-4-15-18(16)28-11-10-27-15/h3-5,13-14,25H,1-2,6-12H2/t13-,14-/m1/s1. The van der Waals surface area contributed by atoms with E-state index in [1.807, 2.05) is 16.7 Å². The summed E-state index contributed by atoms with van der Waals surface area (Å²) < 4.78 is 19.2. The number of aliphatic hydroxyl groups is 1. The van der Waals surface area contributed by atoms with E-state index in [0.717, 1.165) is 31.6 Å². The van der Waals surface area contributed by atoms with Crippen molar-refractivity contribution in [2.45, 2.75) is 44.4 Å². The van der Waals surface area contributed by atoms with Crippen molar-refractivity contribution in [3.8, 4) is 17.2 Å². The van der Waals surface area contributed by atoms with Crippen molar-refractivity contribution in [3.63, 3.8) is 0 Å². The van der Waals surface area contributed by atoms with Crippen LogP contribution in [0.3, 0.4) is 0 Å². The second-order valence-corrected chi connectivity index (χ2v) is 7.59. The molecule has 0 saturated carbocycles. The van der Waals surface area contributed by atoms with Crippen LogP contribution in [0.1, 0.15) is 35.7 Å². The minimum atomic E-state index is -0.809. The molecule has 4 heterocycles. The molecule has 9 heteroatoms. The van der Waals surface area contributed by atoms with E-state index < -0.39 is 12.2 Å². The zero-order valence-corrected chi connectivity index (χ0v) is 16.1. The highest BCUT2D eigenvalue weighted by atomic mass is 16.6. The fourth-order valence-corrected chi connectivity index (χ4v) is 4.14. The monoisotopic (exact) mass is 400 g/mol. The van der Waals surface area contributed by atoms with Gasteiger partial charge in [0.2, 0.25) is 11.6 Å². The number of hydrogen-bond donors (Lipinski definition) is 1. The van der Waals surface area contributed by atoms with Gasteiger partial charge in [-0.15, -0.1) is 10.2 Å². The first-order chi connectivity index (χ1) is 14.2. The summed E-state index contributed by atoms with van der Waals surface area (Å²) in [5.41, 5.74) is 0. The maximum Gasteiger partial charge on any atom is 0.291 e. The summed E-state index contributed by atoms with van der Waals surface area (Å²) >= 11 is 0. The molecule has 9 nitrogen and oxygen atoms in total. The molecule has 1 saturated heterocycles. The van der Waals surface area contributed by atoms with Crippen LogP contribution in [0.25, 0.3) is 0 Å². The largest absolute Gasteiger partial charge is 0.486 e. The van der Waals surface area contributed by atoms with E-state index in [-0.39, 0.29) is 12.5 Å². The van der Waals surface area contributed by atoms with E-state index in [9.17, 15) is 9.90 Å². The van der Waals surface area contributed by atoms with Crippen LogP contribution in [0.4, 0.5) is 0 Å². The van der Waals surface area contributed by atoms with Crippen molar-refractivity contribution in [1.29, 1.82) is 0 Å². The van der Waals surface area contributed by atoms with Gasteiger partial charge >= 0.3 is 0 Å². The third-order valence-electron chi connectivity index (χ3n) is 5.67. The summed E-state index contributed by atoms with van der Waals surface area (Å²) in [6.07, 6.45) is 2.23. The highest BCUT2D eigenvalue weighted by Gasteiger charge is 2.35. The highest BCUT2D eigenvalue weighted by molar-refractivity contribution is 5.91. The Morgan fingerprint density at radius 3 is 2.97 bits per heavy atom. The lowest BCUT2D eigenvalue weighted by Crippen LogP contribution is -2.51. The number of fused-ring (bicyclic) bond motifs is 2. The third-order valence-corrected chi connectivity index (χ3v) is 5.67. The molecule has 29 heavy (non-hydrogen) atoms. The molecule has 0 spiro atoms. The SMILES string of the molecule is O=C(c1nnc2n1CCCC2)N1CC[C@@H](Oc2cccc3c2OCCO3)[C@H](O)C1. The number of likely N-dealkylation sites (tertiary alicyclic amines) is 1. The summed E-state index contributed by atoms with van der Waals surface area (Å²) in [4.78, 5) is 14.6. The minimum absolute atomic E-state index is 0.183. The van der Waals surface area contributed by atoms with Gasteiger partial charge in [0.05, 0.1) is 6.54 Å². The van der Waals surface area contributed by atoms with E-state index in [4.69, 9.17) is 14.2 Å². The Morgan fingerprint density at radius 2 is 2.07 bits per heavy atom. The molecule has 1 amide bonds. The predicted molar refractivity (Wildman–Crippen MR) is 101 cm³/mol. The van der Waals surface area contributed by atoms with E-state index >= 15 is 0 Å². The van der Waals surface area contributed by atoms with Gasteiger partial charge in [-0.1, -0.05) is 6.07 Å². The van der Waals surface area contributed by atoms with Crippen molar-refractivity contribution in [2.75, 3.05) is 26.3 Å². The van der Waals surface area contributed by atoms with Crippen LogP contribution < -0.4 is 14.2 Å². The van der Waals surface area contributed by atoms with Crippen LogP contribution in [0, 0.1) is 0 Å². The lowest BCUT2D eigenvalue weighted by Gasteiger charge is -2.36. The molecule has 1 aromatic heterocycles. The van der Waals surface area contributed by atoms with Crippen LogP contribution in [-0.4, -0.2) is 69.2 Å². The number of aromatic nitrogens is 3. The molecule has 0 unspecified atom stereocenters. The van der Waals surface area contributed by atoms with Gasteiger partial charge in [0.25, 0.3) is 5.91 Å². The van der Waals surface area contributed by atoms with Crippen molar-refractivity contribution in [1.82, 2.24) is 19.7 Å². The van der Waals surface area contributed by atoms with Gasteiger partial charge < -0.3 is 28.8 Å². The maximum atomic E-state index is 12.9. The van der Waals surface area contributed by atoms with E-state index in [0.29, 0.717) is 49.3 Å². The number of ether oxygens (including phenoxy) is 3. The topological polar surface area (TPSA) is 98.9 Å². The molecule has 3 aliphatic heterocycles. The number of hydrogen-bond acceptors (Lipinski definition) is 7. The Bertz CT molecular complexity index is 914. The number of aryl methyl sites for hydroxylation is 1. The summed E-state index contributed by atoms with van der Waals surface area (Å²) in [6.45, 7) is 2.41. The molecule has 3 aliphatic rings. The number of rotatable bonds is 3. The Balaban J connectivity index is 1.27. The summed E-state index contributed by atoms with van der Waals surface area (Å²) in [7, 11) is 0. The van der Waals surface area contributed by atoms with Gasteiger partial charge in [0.1, 0.15) is 31.2 Å². The molecule has 2 aromatic rings. The number of piperidine rings is 1. The van der Waals surface area contributed by atoms with Gasteiger partial charge in [-0.2, -0.15) is 0 Å². The lowest BCUT2D eigenvalue weighted by atomic mass is 10.0. The number of β-amino-alcohol motifs (C(OH)–C–C–N with tert-alkyl or cyclic N) is 1. The van der Waals surface area contributed by atoms with Crippen molar-refractivity contribution in [3.05, 3.63) is 29.8 Å². The number of carbonyl (C=O) groups is 1. The van der Waals surface area contributed by atoms with Crippen molar-refractivity contribution < 1.29 is 24.1 Å². The zero-order valence-electron chi connectivity index (χ0n) is 16.1. The maximum absolute atomic E-state index is 12.9. The van der Waals surface area contributed by atoms with Crippen LogP contribution in [0.5, 0.6) is 17.2 Å². The van der Waals surface area contributed by atoms with E-state index in [2.05, 4.69) is 10.2 Å². The third kappa shape index (κ3) is 3.39. The highest BCUT2D eigenvalue weighted by Crippen LogP contribution is 2.40. The molecule has 0 radical (unpaired) electrons. The van der Waals surface area contributed by atoms with Crippen LogP contribution in [0.15, 0.2) is 18.2 Å². The number of aliphatic hydroxyl groups excluding tert-OH is 1. The Kier molecular flexibility index (Phi) is 4.75. The molecule has 0 aliphatic carbocycles. The Hall–Kier alpha value is -2.81. The average molecular weight is 400 g/mol.